The van der Waals surface area contributed by atoms with E-state index >= 15 is 0 Å². The van der Waals surface area contributed by atoms with Crippen LogP contribution in [0.4, 0.5) is 5.69 Å². The molecule has 1 aromatic carbocycles. The molecule has 1 aromatic rings. The molecule has 0 fully saturated rings. The van der Waals surface area contributed by atoms with Crippen molar-refractivity contribution >= 4 is 11.6 Å². The fourth-order valence-electron chi connectivity index (χ4n) is 3.11. The summed E-state index contributed by atoms with van der Waals surface area (Å²) < 4.78 is 0. The van der Waals surface area contributed by atoms with Crippen molar-refractivity contribution in [2.24, 2.45) is 0 Å². The first kappa shape index (κ1) is 22.7. The van der Waals surface area contributed by atoms with Crippen LogP contribution in [0.2, 0.25) is 0 Å². The number of unbranched alkanes of at least 4 members (excludes halogenated alkanes) is 10. The van der Waals surface area contributed by atoms with Crippen LogP contribution in [-0.2, 0) is 11.2 Å². The van der Waals surface area contributed by atoms with Gasteiger partial charge in [0.05, 0.1) is 0 Å². The van der Waals surface area contributed by atoms with Crippen LogP contribution < -0.4 is 5.32 Å². The van der Waals surface area contributed by atoms with E-state index in [1.54, 1.807) is 24.3 Å². The van der Waals surface area contributed by atoms with Crippen LogP contribution in [0.15, 0.2) is 24.3 Å². The van der Waals surface area contributed by atoms with Gasteiger partial charge in [0.1, 0.15) is 0 Å². The maximum atomic E-state index is 11.9. The Morgan fingerprint density at radius 3 is 1.85 bits per heavy atom. The molecule has 0 aromatic heterocycles. The average molecular weight is 364 g/mol. The highest BCUT2D eigenvalue weighted by atomic mass is 16.5. The van der Waals surface area contributed by atoms with E-state index in [0.29, 0.717) is 6.42 Å². The molecule has 3 N–H and O–H groups in total. The van der Waals surface area contributed by atoms with E-state index < -0.39 is 6.29 Å². The minimum absolute atomic E-state index is 0.0517. The van der Waals surface area contributed by atoms with Crippen molar-refractivity contribution in [3.05, 3.63) is 29.8 Å². The molecule has 4 heteroatoms. The van der Waals surface area contributed by atoms with Gasteiger partial charge in [0.2, 0.25) is 5.91 Å². The van der Waals surface area contributed by atoms with E-state index in [2.05, 4.69) is 12.2 Å². The van der Waals surface area contributed by atoms with E-state index in [9.17, 15) is 4.79 Å². The van der Waals surface area contributed by atoms with Gasteiger partial charge in [0.15, 0.2) is 6.29 Å². The maximum absolute atomic E-state index is 11.9. The molecule has 0 saturated heterocycles. The normalized spacial score (nSPS) is 11.1. The predicted octanol–water partition coefficient (Wildman–Crippen LogP) is 5.18. The lowest BCUT2D eigenvalue weighted by molar-refractivity contribution is -0.116. The number of carbonyl (C=O) groups excluding carboxylic acids is 1. The Labute approximate surface area is 159 Å². The van der Waals surface area contributed by atoms with Crippen molar-refractivity contribution in [2.75, 3.05) is 5.32 Å². The summed E-state index contributed by atoms with van der Waals surface area (Å²) >= 11 is 0. The predicted molar refractivity (Wildman–Crippen MR) is 108 cm³/mol. The topological polar surface area (TPSA) is 69.6 Å². The summed E-state index contributed by atoms with van der Waals surface area (Å²) in [4.78, 5) is 11.9. The number of nitrogens with one attached hydrogen (secondary N) is 1. The third-order valence-corrected chi connectivity index (χ3v) is 4.66. The van der Waals surface area contributed by atoms with Crippen molar-refractivity contribution in [2.45, 2.75) is 96.7 Å². The first-order chi connectivity index (χ1) is 12.6. The molecule has 0 radical (unpaired) electrons. The zero-order valence-corrected chi connectivity index (χ0v) is 16.4. The Kier molecular flexibility index (Phi) is 12.8. The van der Waals surface area contributed by atoms with Gasteiger partial charge in [0, 0.05) is 18.5 Å². The smallest absolute Gasteiger partial charge is 0.224 e. The van der Waals surface area contributed by atoms with Crippen LogP contribution in [0.5, 0.6) is 0 Å². The van der Waals surface area contributed by atoms with Gasteiger partial charge in [-0.2, -0.15) is 0 Å². The second-order valence-corrected chi connectivity index (χ2v) is 7.22. The second kappa shape index (κ2) is 14.7. The minimum atomic E-state index is -1.34. The van der Waals surface area contributed by atoms with E-state index in [1.807, 2.05) is 0 Å². The lowest BCUT2D eigenvalue weighted by Gasteiger charge is -2.07. The third kappa shape index (κ3) is 12.0. The first-order valence-electron chi connectivity index (χ1n) is 10.4. The number of amides is 1. The SMILES string of the molecule is CCCCCCCCCCCCCC(=O)Nc1ccc(CC(O)O)cc1. The summed E-state index contributed by atoms with van der Waals surface area (Å²) in [6.07, 6.45) is 13.5. The lowest BCUT2D eigenvalue weighted by Crippen LogP contribution is -2.11. The van der Waals surface area contributed by atoms with Gasteiger partial charge in [-0.05, 0) is 24.1 Å². The highest BCUT2D eigenvalue weighted by Crippen LogP contribution is 2.14. The molecule has 0 unspecified atom stereocenters. The Morgan fingerprint density at radius 1 is 0.846 bits per heavy atom. The summed E-state index contributed by atoms with van der Waals surface area (Å²) in [6, 6.07) is 7.21. The highest BCUT2D eigenvalue weighted by molar-refractivity contribution is 5.90. The number of carbonyl (C=O) groups is 1. The fraction of sp³-hybridized carbons (Fsp3) is 0.682. The zero-order valence-electron chi connectivity index (χ0n) is 16.4. The van der Waals surface area contributed by atoms with Gasteiger partial charge >= 0.3 is 0 Å². The maximum Gasteiger partial charge on any atom is 0.224 e. The van der Waals surface area contributed by atoms with Gasteiger partial charge in [0.25, 0.3) is 0 Å². The number of rotatable bonds is 15. The zero-order chi connectivity index (χ0) is 19.0. The quantitative estimate of drug-likeness (QED) is 0.297. The summed E-state index contributed by atoms with van der Waals surface area (Å²) in [5.41, 5.74) is 1.60. The van der Waals surface area contributed by atoms with Crippen molar-refractivity contribution in [3.8, 4) is 0 Å². The number of anilines is 1. The van der Waals surface area contributed by atoms with Crippen molar-refractivity contribution in [1.82, 2.24) is 0 Å². The first-order valence-corrected chi connectivity index (χ1v) is 10.4. The van der Waals surface area contributed by atoms with E-state index in [4.69, 9.17) is 10.2 Å². The molecule has 0 heterocycles. The molecule has 0 spiro atoms. The van der Waals surface area contributed by atoms with Crippen molar-refractivity contribution in [3.63, 3.8) is 0 Å². The van der Waals surface area contributed by atoms with Crippen LogP contribution in [0, 0.1) is 0 Å². The minimum Gasteiger partial charge on any atom is -0.368 e. The number of hydrogen-bond acceptors (Lipinski definition) is 3. The van der Waals surface area contributed by atoms with E-state index in [0.717, 1.165) is 24.1 Å². The monoisotopic (exact) mass is 363 g/mol. The molecule has 0 aliphatic rings. The van der Waals surface area contributed by atoms with Crippen LogP contribution in [0.1, 0.15) is 89.5 Å². The number of hydrogen-bond donors (Lipinski definition) is 3. The number of aliphatic hydroxyl groups excluding tert-OH is 1. The van der Waals surface area contributed by atoms with E-state index in [1.165, 1.54) is 57.8 Å². The molecule has 1 amide bonds. The molecular formula is C22H37NO3. The number of benzene rings is 1. The van der Waals surface area contributed by atoms with Crippen LogP contribution in [-0.4, -0.2) is 22.4 Å². The third-order valence-electron chi connectivity index (χ3n) is 4.66. The molecule has 26 heavy (non-hydrogen) atoms. The Hall–Kier alpha value is -1.39. The van der Waals surface area contributed by atoms with Gasteiger partial charge < -0.3 is 15.5 Å². The van der Waals surface area contributed by atoms with Crippen LogP contribution in [0.25, 0.3) is 0 Å². The molecule has 0 aliphatic heterocycles. The van der Waals surface area contributed by atoms with E-state index in [-0.39, 0.29) is 12.3 Å². The Morgan fingerprint density at radius 2 is 1.35 bits per heavy atom. The van der Waals surface area contributed by atoms with Crippen molar-refractivity contribution in [1.29, 1.82) is 0 Å². The fourth-order valence-corrected chi connectivity index (χ4v) is 3.11. The van der Waals surface area contributed by atoms with Crippen LogP contribution >= 0.6 is 0 Å². The highest BCUT2D eigenvalue weighted by Gasteiger charge is 2.04. The van der Waals surface area contributed by atoms with Gasteiger partial charge in [-0.25, -0.2) is 0 Å². The molecule has 4 nitrogen and oxygen atoms in total. The summed E-state index contributed by atoms with van der Waals surface area (Å²) in [6.45, 7) is 2.25. The molecule has 1 rings (SSSR count). The Bertz CT molecular complexity index is 471. The average Bonchev–Trinajstić information content (AvgIpc) is 2.61. The molecule has 148 valence electrons. The molecular weight excluding hydrogens is 326 g/mol. The molecule has 0 atom stereocenters. The van der Waals surface area contributed by atoms with Gasteiger partial charge in [-0.1, -0.05) is 83.3 Å². The summed E-state index contributed by atoms with van der Waals surface area (Å²) in [7, 11) is 0. The second-order valence-electron chi connectivity index (χ2n) is 7.22. The number of aliphatic hydroxyl groups is 2. The largest absolute Gasteiger partial charge is 0.368 e. The molecule has 0 bridgehead atoms. The Balaban J connectivity index is 2.00. The summed E-state index contributed by atoms with van der Waals surface area (Å²) in [5.74, 6) is 0.0517. The molecule has 0 aliphatic carbocycles. The summed E-state index contributed by atoms with van der Waals surface area (Å²) in [5, 5.41) is 20.8. The van der Waals surface area contributed by atoms with Gasteiger partial charge in [-0.3, -0.25) is 4.79 Å². The van der Waals surface area contributed by atoms with Gasteiger partial charge in [-0.15, -0.1) is 0 Å². The standard InChI is InChI=1S/C22H37NO3/c1-2-3-4-5-6-7-8-9-10-11-12-13-21(24)23-20-16-14-19(15-17-20)18-22(25)26/h14-17,22,25-26H,2-13,18H2,1H3,(H,23,24). The van der Waals surface area contributed by atoms with Crippen LogP contribution in [0.3, 0.4) is 0 Å². The molecule has 0 saturated carbocycles. The lowest BCUT2D eigenvalue weighted by atomic mass is 10.1. The van der Waals surface area contributed by atoms with Crippen molar-refractivity contribution < 1.29 is 15.0 Å².